The Hall–Kier alpha value is -0.870. The predicted molar refractivity (Wildman–Crippen MR) is 70.8 cm³/mol. The molecule has 102 valence electrons. The first-order valence-corrected chi connectivity index (χ1v) is 6.77. The average Bonchev–Trinajstić information content (AvgIpc) is 2.17. The molecule has 0 N–H and O–H groups in total. The minimum Gasteiger partial charge on any atom is -0.367 e. The minimum atomic E-state index is -0.433. The fourth-order valence-electron chi connectivity index (χ4n) is 2.27. The van der Waals surface area contributed by atoms with Gasteiger partial charge in [-0.05, 0) is 34.1 Å². The zero-order valence-corrected chi connectivity index (χ0v) is 11.8. The second kappa shape index (κ2) is 5.02. The standard InChI is InChI=1S/C14H24N2O2/c1-11-10-15(18-13(17)14(2,3)4)8-9-16(11)12-6-5-7-12/h5-6,11-12H,7-10H2,1-4H3/t11-,12?/m1/s1. The smallest absolute Gasteiger partial charge is 0.330 e. The highest BCUT2D eigenvalue weighted by molar-refractivity contribution is 5.75. The fraction of sp³-hybridized carbons (Fsp3) is 0.786. The van der Waals surface area contributed by atoms with Crippen molar-refractivity contribution in [2.75, 3.05) is 19.6 Å². The third kappa shape index (κ3) is 2.93. The van der Waals surface area contributed by atoms with Crippen molar-refractivity contribution in [3.63, 3.8) is 0 Å². The van der Waals surface area contributed by atoms with Gasteiger partial charge in [0.05, 0.1) is 12.0 Å². The van der Waals surface area contributed by atoms with Gasteiger partial charge in [-0.15, -0.1) is 5.06 Å². The lowest BCUT2D eigenvalue weighted by Gasteiger charge is -2.44. The van der Waals surface area contributed by atoms with Crippen molar-refractivity contribution >= 4 is 5.97 Å². The zero-order chi connectivity index (χ0) is 13.3. The summed E-state index contributed by atoms with van der Waals surface area (Å²) in [5.74, 6) is -0.147. The normalized spacial score (nSPS) is 30.0. The molecule has 0 aromatic heterocycles. The highest BCUT2D eigenvalue weighted by Crippen LogP contribution is 2.23. The lowest BCUT2D eigenvalue weighted by molar-refractivity contribution is -0.211. The van der Waals surface area contributed by atoms with Gasteiger partial charge in [-0.3, -0.25) is 4.90 Å². The van der Waals surface area contributed by atoms with Crippen LogP contribution in [-0.2, 0) is 9.63 Å². The molecule has 18 heavy (non-hydrogen) atoms. The summed E-state index contributed by atoms with van der Waals surface area (Å²) < 4.78 is 0. The Kier molecular flexibility index (Phi) is 3.78. The summed E-state index contributed by atoms with van der Waals surface area (Å²) in [6.07, 6.45) is 5.63. The first-order valence-electron chi connectivity index (χ1n) is 6.77. The Morgan fingerprint density at radius 2 is 2.00 bits per heavy atom. The molecule has 4 heteroatoms. The van der Waals surface area contributed by atoms with Gasteiger partial charge in [0.25, 0.3) is 0 Å². The van der Waals surface area contributed by atoms with Crippen LogP contribution >= 0.6 is 0 Å². The molecule has 1 heterocycles. The highest BCUT2D eigenvalue weighted by atomic mass is 16.7. The molecule has 0 aromatic rings. The van der Waals surface area contributed by atoms with Gasteiger partial charge in [-0.1, -0.05) is 12.2 Å². The van der Waals surface area contributed by atoms with Crippen LogP contribution in [0.15, 0.2) is 12.2 Å². The largest absolute Gasteiger partial charge is 0.367 e. The van der Waals surface area contributed by atoms with Crippen LogP contribution in [0.25, 0.3) is 0 Å². The Morgan fingerprint density at radius 1 is 1.33 bits per heavy atom. The van der Waals surface area contributed by atoms with E-state index in [0.29, 0.717) is 12.1 Å². The van der Waals surface area contributed by atoms with Crippen molar-refractivity contribution in [3.05, 3.63) is 12.2 Å². The van der Waals surface area contributed by atoms with Gasteiger partial charge in [-0.25, -0.2) is 4.79 Å². The van der Waals surface area contributed by atoms with E-state index in [1.54, 1.807) is 0 Å². The molecule has 1 unspecified atom stereocenters. The molecule has 0 saturated carbocycles. The zero-order valence-electron chi connectivity index (χ0n) is 11.8. The van der Waals surface area contributed by atoms with E-state index in [1.807, 2.05) is 25.8 Å². The molecule has 2 rings (SSSR count). The molecule has 0 amide bonds. The summed E-state index contributed by atoms with van der Waals surface area (Å²) >= 11 is 0. The third-order valence-corrected chi connectivity index (χ3v) is 3.63. The maximum atomic E-state index is 11.8. The number of hydrogen-bond donors (Lipinski definition) is 0. The second-order valence-corrected chi connectivity index (χ2v) is 6.33. The van der Waals surface area contributed by atoms with Crippen LogP contribution in [0.3, 0.4) is 0 Å². The summed E-state index contributed by atoms with van der Waals surface area (Å²) in [7, 11) is 0. The Bertz CT molecular complexity index is 346. The maximum absolute atomic E-state index is 11.8. The van der Waals surface area contributed by atoms with E-state index in [0.717, 1.165) is 26.1 Å². The van der Waals surface area contributed by atoms with E-state index in [4.69, 9.17) is 4.84 Å². The number of hydroxylamine groups is 2. The second-order valence-electron chi connectivity index (χ2n) is 6.33. The van der Waals surface area contributed by atoms with Crippen molar-refractivity contribution in [3.8, 4) is 0 Å². The minimum absolute atomic E-state index is 0.147. The van der Waals surface area contributed by atoms with Gasteiger partial charge in [0, 0.05) is 25.2 Å². The summed E-state index contributed by atoms with van der Waals surface area (Å²) in [4.78, 5) is 19.8. The third-order valence-electron chi connectivity index (χ3n) is 3.63. The van der Waals surface area contributed by atoms with Crippen molar-refractivity contribution in [2.45, 2.75) is 46.2 Å². The van der Waals surface area contributed by atoms with Crippen LogP contribution in [0.2, 0.25) is 0 Å². The van der Waals surface area contributed by atoms with Gasteiger partial charge < -0.3 is 4.84 Å². The van der Waals surface area contributed by atoms with Gasteiger partial charge in [0.1, 0.15) is 0 Å². The SMILES string of the molecule is C[C@@H]1CN(OC(=O)C(C)(C)C)CCN1C1C=CC1. The van der Waals surface area contributed by atoms with E-state index >= 15 is 0 Å². The fourth-order valence-corrected chi connectivity index (χ4v) is 2.27. The molecular weight excluding hydrogens is 228 g/mol. The quantitative estimate of drug-likeness (QED) is 0.702. The Morgan fingerprint density at radius 3 is 2.44 bits per heavy atom. The van der Waals surface area contributed by atoms with Crippen LogP contribution in [0.5, 0.6) is 0 Å². The molecule has 0 radical (unpaired) electrons. The summed E-state index contributed by atoms with van der Waals surface area (Å²) in [5, 5.41) is 1.82. The van der Waals surface area contributed by atoms with Crippen LogP contribution in [0.1, 0.15) is 34.1 Å². The topological polar surface area (TPSA) is 32.8 Å². The van der Waals surface area contributed by atoms with E-state index in [-0.39, 0.29) is 5.97 Å². The van der Waals surface area contributed by atoms with Gasteiger partial charge >= 0.3 is 5.97 Å². The van der Waals surface area contributed by atoms with Crippen LogP contribution < -0.4 is 0 Å². The van der Waals surface area contributed by atoms with E-state index in [2.05, 4.69) is 24.0 Å². The number of carbonyl (C=O) groups is 1. The highest BCUT2D eigenvalue weighted by Gasteiger charge is 2.33. The predicted octanol–water partition coefficient (Wildman–Crippen LogP) is 1.83. The van der Waals surface area contributed by atoms with Crippen LogP contribution in [0, 0.1) is 5.41 Å². The molecular formula is C14H24N2O2. The number of hydrogen-bond acceptors (Lipinski definition) is 4. The average molecular weight is 252 g/mol. The maximum Gasteiger partial charge on any atom is 0.330 e. The van der Waals surface area contributed by atoms with Gasteiger partial charge in [0.2, 0.25) is 0 Å². The molecule has 1 fully saturated rings. The molecule has 0 bridgehead atoms. The van der Waals surface area contributed by atoms with E-state index < -0.39 is 5.41 Å². The molecule has 4 nitrogen and oxygen atoms in total. The van der Waals surface area contributed by atoms with E-state index in [9.17, 15) is 4.79 Å². The molecule has 0 aromatic carbocycles. The van der Waals surface area contributed by atoms with Crippen molar-refractivity contribution < 1.29 is 9.63 Å². The van der Waals surface area contributed by atoms with Gasteiger partial charge in [0.15, 0.2) is 0 Å². The van der Waals surface area contributed by atoms with Crippen molar-refractivity contribution in [1.82, 2.24) is 9.96 Å². The summed E-state index contributed by atoms with van der Waals surface area (Å²) in [6, 6.07) is 1.03. The molecule has 1 aliphatic heterocycles. The number of rotatable bonds is 2. The van der Waals surface area contributed by atoms with E-state index in [1.165, 1.54) is 0 Å². The number of carbonyl (C=O) groups excluding carboxylic acids is 1. The van der Waals surface area contributed by atoms with Crippen LogP contribution in [-0.4, -0.2) is 47.7 Å². The van der Waals surface area contributed by atoms with Crippen molar-refractivity contribution in [2.24, 2.45) is 5.41 Å². The summed E-state index contributed by atoms with van der Waals surface area (Å²) in [5.41, 5.74) is -0.433. The molecule has 2 atom stereocenters. The Labute approximate surface area is 110 Å². The van der Waals surface area contributed by atoms with Gasteiger partial charge in [-0.2, -0.15) is 0 Å². The Balaban J connectivity index is 1.84. The number of nitrogens with zero attached hydrogens (tertiary/aromatic N) is 2. The molecule has 1 aliphatic carbocycles. The molecule has 1 saturated heterocycles. The molecule has 2 aliphatic rings. The molecule has 0 spiro atoms. The van der Waals surface area contributed by atoms with Crippen molar-refractivity contribution in [1.29, 1.82) is 0 Å². The first kappa shape index (κ1) is 13.6. The number of piperazine rings is 1. The first-order chi connectivity index (χ1) is 8.38. The lowest BCUT2D eigenvalue weighted by Crippen LogP contribution is -2.56. The summed E-state index contributed by atoms with van der Waals surface area (Å²) in [6.45, 7) is 10.4. The monoisotopic (exact) mass is 252 g/mol. The lowest BCUT2D eigenvalue weighted by atomic mass is 9.97. The van der Waals surface area contributed by atoms with Crippen LogP contribution in [0.4, 0.5) is 0 Å².